The molecule has 3 rings (SSSR count). The molecule has 0 saturated carbocycles. The fourth-order valence-corrected chi connectivity index (χ4v) is 3.39. The van der Waals surface area contributed by atoms with E-state index in [2.05, 4.69) is 28.4 Å². The molecule has 7 heteroatoms. The molecular formula is C16H25N5O2. The first-order valence-corrected chi connectivity index (χ1v) is 8.39. The lowest BCUT2D eigenvalue weighted by Gasteiger charge is -2.45. The number of nitrogens with one attached hydrogen (secondary N) is 1. The van der Waals surface area contributed by atoms with Gasteiger partial charge in [-0.1, -0.05) is 6.92 Å². The van der Waals surface area contributed by atoms with Gasteiger partial charge in [0, 0.05) is 44.5 Å². The van der Waals surface area contributed by atoms with Gasteiger partial charge in [0.1, 0.15) is 12.1 Å². The van der Waals surface area contributed by atoms with Gasteiger partial charge in [0.2, 0.25) is 11.8 Å². The first-order chi connectivity index (χ1) is 11.0. The zero-order chi connectivity index (χ0) is 16.6. The Labute approximate surface area is 136 Å². The summed E-state index contributed by atoms with van der Waals surface area (Å²) in [5.74, 6) is 0.0360. The van der Waals surface area contributed by atoms with Gasteiger partial charge in [-0.15, -0.1) is 0 Å². The van der Waals surface area contributed by atoms with Crippen molar-refractivity contribution >= 4 is 11.8 Å². The SMILES string of the molecule is CC[C@@H]1NC(=O)[C@H]2CN(Cc3cn(CC)nc3C)CCN2C1=O. The molecule has 0 aliphatic carbocycles. The number of rotatable bonds is 4. The summed E-state index contributed by atoms with van der Waals surface area (Å²) in [6.07, 6.45) is 2.72. The standard InChI is InChI=1S/C16H25N5O2/c1-4-13-16(23)21-7-6-19(10-14(21)15(22)17-13)8-12-9-20(5-2)18-11(12)3/h9,13-14H,4-8,10H2,1-3H3,(H,17,22)/t13-,14+/m0/s1. The molecule has 2 amide bonds. The van der Waals surface area contributed by atoms with Crippen LogP contribution in [0.3, 0.4) is 0 Å². The number of carbonyl (C=O) groups is 2. The molecule has 23 heavy (non-hydrogen) atoms. The van der Waals surface area contributed by atoms with Crippen LogP contribution in [0, 0.1) is 6.92 Å². The highest BCUT2D eigenvalue weighted by molar-refractivity contribution is 5.97. The summed E-state index contributed by atoms with van der Waals surface area (Å²) in [5.41, 5.74) is 2.22. The van der Waals surface area contributed by atoms with Crippen molar-refractivity contribution in [1.82, 2.24) is 24.9 Å². The predicted octanol–water partition coefficient (Wildman–Crippen LogP) is 0.133. The molecule has 0 unspecified atom stereocenters. The van der Waals surface area contributed by atoms with Crippen molar-refractivity contribution in [2.24, 2.45) is 0 Å². The van der Waals surface area contributed by atoms with Crippen LogP contribution >= 0.6 is 0 Å². The molecule has 2 atom stereocenters. The number of carbonyl (C=O) groups excluding carboxylic acids is 2. The van der Waals surface area contributed by atoms with Crippen LogP contribution in [0.5, 0.6) is 0 Å². The number of aryl methyl sites for hydroxylation is 2. The zero-order valence-electron chi connectivity index (χ0n) is 14.1. The van der Waals surface area contributed by atoms with Crippen molar-refractivity contribution in [2.45, 2.75) is 52.4 Å². The molecule has 1 aromatic rings. The average molecular weight is 319 g/mol. The van der Waals surface area contributed by atoms with E-state index in [9.17, 15) is 9.59 Å². The van der Waals surface area contributed by atoms with Crippen molar-refractivity contribution in [2.75, 3.05) is 19.6 Å². The molecule has 0 aromatic carbocycles. The zero-order valence-corrected chi connectivity index (χ0v) is 14.1. The highest BCUT2D eigenvalue weighted by atomic mass is 16.2. The van der Waals surface area contributed by atoms with E-state index in [-0.39, 0.29) is 23.9 Å². The molecule has 0 spiro atoms. The van der Waals surface area contributed by atoms with Crippen molar-refractivity contribution in [3.8, 4) is 0 Å². The second-order valence-electron chi connectivity index (χ2n) is 6.35. The molecule has 2 fully saturated rings. The van der Waals surface area contributed by atoms with E-state index in [0.717, 1.165) is 25.3 Å². The van der Waals surface area contributed by atoms with Gasteiger partial charge >= 0.3 is 0 Å². The molecule has 2 aliphatic rings. The number of hydrogen-bond acceptors (Lipinski definition) is 4. The van der Waals surface area contributed by atoms with E-state index in [1.807, 2.05) is 18.5 Å². The summed E-state index contributed by atoms with van der Waals surface area (Å²) in [4.78, 5) is 28.7. The van der Waals surface area contributed by atoms with Crippen LogP contribution in [0.25, 0.3) is 0 Å². The molecule has 0 bridgehead atoms. The van der Waals surface area contributed by atoms with E-state index in [4.69, 9.17) is 0 Å². The third kappa shape index (κ3) is 2.97. The smallest absolute Gasteiger partial charge is 0.245 e. The molecule has 1 aromatic heterocycles. The van der Waals surface area contributed by atoms with Gasteiger partial charge in [0.15, 0.2) is 0 Å². The van der Waals surface area contributed by atoms with Crippen LogP contribution in [0.2, 0.25) is 0 Å². The molecular weight excluding hydrogens is 294 g/mol. The number of fused-ring (bicyclic) bond motifs is 1. The second kappa shape index (κ2) is 6.31. The van der Waals surface area contributed by atoms with Crippen LogP contribution in [0.15, 0.2) is 6.20 Å². The van der Waals surface area contributed by atoms with Gasteiger partial charge in [0.25, 0.3) is 0 Å². The van der Waals surface area contributed by atoms with E-state index in [0.29, 0.717) is 19.5 Å². The Morgan fingerprint density at radius 3 is 2.74 bits per heavy atom. The van der Waals surface area contributed by atoms with E-state index in [1.165, 1.54) is 5.56 Å². The summed E-state index contributed by atoms with van der Waals surface area (Å²) in [7, 11) is 0. The maximum Gasteiger partial charge on any atom is 0.245 e. The second-order valence-corrected chi connectivity index (χ2v) is 6.35. The van der Waals surface area contributed by atoms with Gasteiger partial charge in [-0.05, 0) is 20.3 Å². The number of amides is 2. The van der Waals surface area contributed by atoms with Crippen molar-refractivity contribution in [1.29, 1.82) is 0 Å². The quantitative estimate of drug-likeness (QED) is 0.856. The van der Waals surface area contributed by atoms with E-state index >= 15 is 0 Å². The van der Waals surface area contributed by atoms with Crippen molar-refractivity contribution in [3.63, 3.8) is 0 Å². The molecule has 126 valence electrons. The van der Waals surface area contributed by atoms with Crippen LogP contribution in [0.4, 0.5) is 0 Å². The maximum absolute atomic E-state index is 12.4. The molecule has 0 radical (unpaired) electrons. The summed E-state index contributed by atoms with van der Waals surface area (Å²) in [5, 5.41) is 7.32. The minimum absolute atomic E-state index is 0.0258. The minimum Gasteiger partial charge on any atom is -0.342 e. The third-order valence-electron chi connectivity index (χ3n) is 4.84. The normalized spacial score (nSPS) is 25.4. The average Bonchev–Trinajstić information content (AvgIpc) is 2.91. The van der Waals surface area contributed by atoms with Gasteiger partial charge in [-0.2, -0.15) is 5.10 Å². The minimum atomic E-state index is -0.361. The number of piperazine rings is 2. The Balaban J connectivity index is 1.69. The summed E-state index contributed by atoms with van der Waals surface area (Å²) in [6.45, 7) is 9.63. The van der Waals surface area contributed by atoms with Crippen molar-refractivity contribution < 1.29 is 9.59 Å². The summed E-state index contributed by atoms with van der Waals surface area (Å²) < 4.78 is 1.93. The Morgan fingerprint density at radius 1 is 1.30 bits per heavy atom. The highest BCUT2D eigenvalue weighted by Gasteiger charge is 2.42. The lowest BCUT2D eigenvalue weighted by molar-refractivity contribution is -0.153. The Kier molecular flexibility index (Phi) is 4.39. The fourth-order valence-electron chi connectivity index (χ4n) is 3.39. The third-order valence-corrected chi connectivity index (χ3v) is 4.84. The number of aromatic nitrogens is 2. The van der Waals surface area contributed by atoms with Crippen LogP contribution in [0.1, 0.15) is 31.5 Å². The molecule has 3 heterocycles. The van der Waals surface area contributed by atoms with E-state index in [1.54, 1.807) is 4.90 Å². The largest absolute Gasteiger partial charge is 0.342 e. The Bertz CT molecular complexity index is 612. The maximum atomic E-state index is 12.4. The fraction of sp³-hybridized carbons (Fsp3) is 0.688. The molecule has 2 aliphatic heterocycles. The molecule has 1 N–H and O–H groups in total. The van der Waals surface area contributed by atoms with Crippen molar-refractivity contribution in [3.05, 3.63) is 17.5 Å². The monoisotopic (exact) mass is 319 g/mol. The number of nitrogens with zero attached hydrogens (tertiary/aromatic N) is 4. The van der Waals surface area contributed by atoms with Gasteiger partial charge in [-0.3, -0.25) is 19.2 Å². The first kappa shape index (κ1) is 16.0. The number of hydrogen-bond donors (Lipinski definition) is 1. The topological polar surface area (TPSA) is 70.5 Å². The lowest BCUT2D eigenvalue weighted by Crippen LogP contribution is -2.68. The Morgan fingerprint density at radius 2 is 2.09 bits per heavy atom. The Hall–Kier alpha value is -1.89. The van der Waals surface area contributed by atoms with Crippen LogP contribution in [-0.2, 0) is 22.7 Å². The van der Waals surface area contributed by atoms with Crippen LogP contribution in [-0.4, -0.2) is 63.1 Å². The summed E-state index contributed by atoms with van der Waals surface area (Å²) in [6, 6.07) is -0.712. The summed E-state index contributed by atoms with van der Waals surface area (Å²) >= 11 is 0. The van der Waals surface area contributed by atoms with Gasteiger partial charge in [-0.25, -0.2) is 0 Å². The van der Waals surface area contributed by atoms with Crippen LogP contribution < -0.4 is 5.32 Å². The lowest BCUT2D eigenvalue weighted by atomic mass is 10.0. The van der Waals surface area contributed by atoms with Gasteiger partial charge in [0.05, 0.1) is 5.69 Å². The highest BCUT2D eigenvalue weighted by Crippen LogP contribution is 2.19. The molecule has 2 saturated heterocycles. The first-order valence-electron chi connectivity index (χ1n) is 8.39. The van der Waals surface area contributed by atoms with Gasteiger partial charge < -0.3 is 10.2 Å². The molecule has 7 nitrogen and oxygen atoms in total. The predicted molar refractivity (Wildman–Crippen MR) is 85.6 cm³/mol. The van der Waals surface area contributed by atoms with E-state index < -0.39 is 0 Å².